The Morgan fingerprint density at radius 3 is 2.80 bits per heavy atom. The van der Waals surface area contributed by atoms with Gasteiger partial charge in [0, 0.05) is 36.1 Å². The number of halogens is 1. The summed E-state index contributed by atoms with van der Waals surface area (Å²) in [6, 6.07) is 5.70. The van der Waals surface area contributed by atoms with Gasteiger partial charge < -0.3 is 10.2 Å². The third kappa shape index (κ3) is 3.60. The average Bonchev–Trinajstić information content (AvgIpc) is 2.40. The third-order valence-corrected chi connectivity index (χ3v) is 4.41. The Kier molecular flexibility index (Phi) is 4.81. The maximum absolute atomic E-state index is 12.5. The van der Waals surface area contributed by atoms with E-state index in [0.717, 1.165) is 29.4 Å². The summed E-state index contributed by atoms with van der Waals surface area (Å²) in [4.78, 5) is 25.4. The van der Waals surface area contributed by atoms with Gasteiger partial charge in [-0.1, -0.05) is 15.9 Å². The van der Waals surface area contributed by atoms with Gasteiger partial charge in [0.1, 0.15) is 0 Å². The van der Waals surface area contributed by atoms with E-state index >= 15 is 0 Å². The van der Waals surface area contributed by atoms with Crippen LogP contribution in [-0.4, -0.2) is 35.8 Å². The number of hydrogen-bond donors (Lipinski definition) is 1. The van der Waals surface area contributed by atoms with Crippen molar-refractivity contribution in [3.63, 3.8) is 0 Å². The highest BCUT2D eigenvalue weighted by Gasteiger charge is 2.24. The van der Waals surface area contributed by atoms with Gasteiger partial charge in [0.25, 0.3) is 5.91 Å². The largest absolute Gasteiger partial charge is 0.352 e. The molecule has 1 aliphatic rings. The van der Waals surface area contributed by atoms with Crippen LogP contribution in [0, 0.1) is 6.92 Å². The van der Waals surface area contributed by atoms with Gasteiger partial charge in [-0.05, 0) is 43.5 Å². The number of carbonyl (C=O) groups excluding carboxylic acids is 2. The van der Waals surface area contributed by atoms with Crippen LogP contribution in [0.25, 0.3) is 0 Å². The molecule has 1 atom stereocenters. The van der Waals surface area contributed by atoms with E-state index < -0.39 is 0 Å². The molecule has 1 aromatic carbocycles. The standard InChI is InChI=1S/C15H19BrN2O2/c1-10-8-12(5-6-14(10)16)15(20)18-7-3-4-13(9-18)17-11(2)19/h5-6,8,13H,3-4,7,9H2,1-2H3,(H,17,19). The first kappa shape index (κ1) is 15.0. The van der Waals surface area contributed by atoms with E-state index in [9.17, 15) is 9.59 Å². The van der Waals surface area contributed by atoms with Crippen molar-refractivity contribution < 1.29 is 9.59 Å². The zero-order valence-electron chi connectivity index (χ0n) is 11.8. The van der Waals surface area contributed by atoms with Gasteiger partial charge in [-0.3, -0.25) is 9.59 Å². The molecule has 1 aliphatic heterocycles. The molecule has 1 aromatic rings. The van der Waals surface area contributed by atoms with E-state index in [1.54, 1.807) is 0 Å². The third-order valence-electron chi connectivity index (χ3n) is 3.52. The molecule has 5 heteroatoms. The zero-order valence-corrected chi connectivity index (χ0v) is 13.4. The summed E-state index contributed by atoms with van der Waals surface area (Å²) in [5.41, 5.74) is 1.75. The molecule has 1 saturated heterocycles. The van der Waals surface area contributed by atoms with Gasteiger partial charge in [-0.2, -0.15) is 0 Å². The summed E-state index contributed by atoms with van der Waals surface area (Å²) < 4.78 is 1.00. The molecule has 20 heavy (non-hydrogen) atoms. The Labute approximate surface area is 127 Å². The molecule has 108 valence electrons. The van der Waals surface area contributed by atoms with E-state index in [1.807, 2.05) is 30.0 Å². The van der Waals surface area contributed by atoms with Crippen molar-refractivity contribution >= 4 is 27.7 Å². The molecule has 1 heterocycles. The Morgan fingerprint density at radius 1 is 1.40 bits per heavy atom. The van der Waals surface area contributed by atoms with Crippen LogP contribution in [0.1, 0.15) is 35.7 Å². The molecule has 0 bridgehead atoms. The molecular weight excluding hydrogens is 320 g/mol. The number of hydrogen-bond acceptors (Lipinski definition) is 2. The fourth-order valence-corrected chi connectivity index (χ4v) is 2.77. The molecule has 4 nitrogen and oxygen atoms in total. The Balaban J connectivity index is 2.08. The average molecular weight is 339 g/mol. The number of carbonyl (C=O) groups is 2. The SMILES string of the molecule is CC(=O)NC1CCCN(C(=O)c2ccc(Br)c(C)c2)C1. The number of piperidine rings is 1. The lowest BCUT2D eigenvalue weighted by atomic mass is 10.0. The van der Waals surface area contributed by atoms with Crippen molar-refractivity contribution in [1.29, 1.82) is 0 Å². The fourth-order valence-electron chi connectivity index (χ4n) is 2.53. The van der Waals surface area contributed by atoms with Crippen LogP contribution < -0.4 is 5.32 Å². The predicted molar refractivity (Wildman–Crippen MR) is 81.6 cm³/mol. The number of aryl methyl sites for hydroxylation is 1. The van der Waals surface area contributed by atoms with E-state index in [1.165, 1.54) is 6.92 Å². The van der Waals surface area contributed by atoms with Crippen molar-refractivity contribution in [1.82, 2.24) is 10.2 Å². The summed E-state index contributed by atoms with van der Waals surface area (Å²) in [6.45, 7) is 4.83. The minimum absolute atomic E-state index is 0.0376. The summed E-state index contributed by atoms with van der Waals surface area (Å²) in [7, 11) is 0. The van der Waals surface area contributed by atoms with Gasteiger partial charge in [0.15, 0.2) is 0 Å². The summed E-state index contributed by atoms with van der Waals surface area (Å²) in [5, 5.41) is 2.90. The van der Waals surface area contributed by atoms with Crippen LogP contribution in [0.4, 0.5) is 0 Å². The predicted octanol–water partition coefficient (Wildman–Crippen LogP) is 2.50. The van der Waals surface area contributed by atoms with E-state index in [4.69, 9.17) is 0 Å². The highest BCUT2D eigenvalue weighted by molar-refractivity contribution is 9.10. The van der Waals surface area contributed by atoms with Crippen molar-refractivity contribution in [3.8, 4) is 0 Å². The quantitative estimate of drug-likeness (QED) is 0.900. The monoisotopic (exact) mass is 338 g/mol. The summed E-state index contributed by atoms with van der Waals surface area (Å²) in [5.74, 6) is -0.000521. The van der Waals surface area contributed by atoms with Gasteiger partial charge in [-0.15, -0.1) is 0 Å². The molecule has 1 unspecified atom stereocenters. The normalized spacial score (nSPS) is 18.8. The lowest BCUT2D eigenvalue weighted by Gasteiger charge is -2.33. The van der Waals surface area contributed by atoms with Gasteiger partial charge >= 0.3 is 0 Å². The van der Waals surface area contributed by atoms with Gasteiger partial charge in [0.05, 0.1) is 0 Å². The van der Waals surface area contributed by atoms with Crippen LogP contribution in [0.15, 0.2) is 22.7 Å². The minimum atomic E-state index is -0.0382. The first-order chi connectivity index (χ1) is 9.47. The van der Waals surface area contributed by atoms with Crippen molar-refractivity contribution in [2.24, 2.45) is 0 Å². The maximum Gasteiger partial charge on any atom is 0.253 e. The van der Waals surface area contributed by atoms with Crippen LogP contribution in [-0.2, 0) is 4.79 Å². The molecule has 1 fully saturated rings. The number of benzene rings is 1. The molecule has 0 spiro atoms. The molecular formula is C15H19BrN2O2. The van der Waals surface area contributed by atoms with Crippen LogP contribution in [0.3, 0.4) is 0 Å². The lowest BCUT2D eigenvalue weighted by Crippen LogP contribution is -2.49. The second kappa shape index (κ2) is 6.39. The van der Waals surface area contributed by atoms with E-state index in [-0.39, 0.29) is 17.9 Å². The van der Waals surface area contributed by atoms with Crippen molar-refractivity contribution in [2.45, 2.75) is 32.7 Å². The highest BCUT2D eigenvalue weighted by atomic mass is 79.9. The molecule has 0 saturated carbocycles. The van der Waals surface area contributed by atoms with Crippen molar-refractivity contribution in [2.75, 3.05) is 13.1 Å². The smallest absolute Gasteiger partial charge is 0.253 e. The van der Waals surface area contributed by atoms with E-state index in [0.29, 0.717) is 12.1 Å². The fraction of sp³-hybridized carbons (Fsp3) is 0.467. The lowest BCUT2D eigenvalue weighted by molar-refractivity contribution is -0.120. The van der Waals surface area contributed by atoms with Gasteiger partial charge in [0.2, 0.25) is 5.91 Å². The summed E-state index contributed by atoms with van der Waals surface area (Å²) >= 11 is 3.44. The topological polar surface area (TPSA) is 49.4 Å². The first-order valence-electron chi connectivity index (χ1n) is 6.80. The number of amides is 2. The van der Waals surface area contributed by atoms with Crippen molar-refractivity contribution in [3.05, 3.63) is 33.8 Å². The van der Waals surface area contributed by atoms with Crippen LogP contribution in [0.5, 0.6) is 0 Å². The second-order valence-electron chi connectivity index (χ2n) is 5.25. The maximum atomic E-state index is 12.5. The number of nitrogens with one attached hydrogen (secondary N) is 1. The number of rotatable bonds is 2. The number of nitrogens with zero attached hydrogens (tertiary/aromatic N) is 1. The van der Waals surface area contributed by atoms with Crippen LogP contribution >= 0.6 is 15.9 Å². The minimum Gasteiger partial charge on any atom is -0.352 e. The molecule has 0 radical (unpaired) electrons. The highest BCUT2D eigenvalue weighted by Crippen LogP contribution is 2.19. The Bertz CT molecular complexity index is 531. The van der Waals surface area contributed by atoms with Crippen LogP contribution in [0.2, 0.25) is 0 Å². The molecule has 0 aliphatic carbocycles. The molecule has 2 rings (SSSR count). The van der Waals surface area contributed by atoms with Gasteiger partial charge in [-0.25, -0.2) is 0 Å². The van der Waals surface area contributed by atoms with E-state index in [2.05, 4.69) is 21.2 Å². The Morgan fingerprint density at radius 2 is 2.15 bits per heavy atom. The first-order valence-corrected chi connectivity index (χ1v) is 7.59. The second-order valence-corrected chi connectivity index (χ2v) is 6.11. The molecule has 2 amide bonds. The molecule has 1 N–H and O–H groups in total. The summed E-state index contributed by atoms with van der Waals surface area (Å²) in [6.07, 6.45) is 1.86. The Hall–Kier alpha value is -1.36. The molecule has 0 aromatic heterocycles. The number of likely N-dealkylation sites (tertiary alicyclic amines) is 1. The zero-order chi connectivity index (χ0) is 14.7.